The number of amides is 1. The molecule has 1 aromatic carbocycles. The fraction of sp³-hybridized carbons (Fsp3) is 0.214. The normalized spacial score (nSPS) is 10.3. The first kappa shape index (κ1) is 15.3. The number of nitrogens with two attached hydrogens (primary N) is 1. The summed E-state index contributed by atoms with van der Waals surface area (Å²) in [4.78, 5) is 25.0. The molecular weight excluding hydrogens is 288 g/mol. The summed E-state index contributed by atoms with van der Waals surface area (Å²) in [5.74, 6) is 0.308. The molecule has 0 aliphatic heterocycles. The van der Waals surface area contributed by atoms with Gasteiger partial charge in [0, 0.05) is 11.8 Å². The van der Waals surface area contributed by atoms with Gasteiger partial charge in [0.2, 0.25) is 0 Å². The lowest BCUT2D eigenvalue weighted by molar-refractivity contribution is -0.131. The molecule has 7 heteroatoms. The van der Waals surface area contributed by atoms with Gasteiger partial charge in [0.15, 0.2) is 5.16 Å². The number of rotatable bonds is 6. The minimum atomic E-state index is -0.250. The lowest BCUT2D eigenvalue weighted by Gasteiger charge is -2.06. The number of carbonyl (C=O) groups excluding carboxylic acids is 1. The molecule has 2 rings (SSSR count). The van der Waals surface area contributed by atoms with Gasteiger partial charge in [-0.3, -0.25) is 9.63 Å². The Bertz CT molecular complexity index is 587. The Morgan fingerprint density at radius 3 is 2.81 bits per heavy atom. The highest BCUT2D eigenvalue weighted by Gasteiger charge is 2.06. The number of benzene rings is 1. The average Bonchev–Trinajstić information content (AvgIpc) is 2.45. The number of anilines is 1. The van der Waals surface area contributed by atoms with E-state index in [0.29, 0.717) is 17.6 Å². The second-order valence-corrected chi connectivity index (χ2v) is 5.25. The molecule has 0 spiro atoms. The largest absolute Gasteiger partial charge is 0.384 e. The molecule has 3 N–H and O–H groups in total. The number of thioether (sulfide) groups is 1. The minimum Gasteiger partial charge on any atom is -0.384 e. The highest BCUT2D eigenvalue weighted by atomic mass is 32.2. The molecule has 0 fully saturated rings. The van der Waals surface area contributed by atoms with Gasteiger partial charge >= 0.3 is 0 Å². The van der Waals surface area contributed by atoms with Crippen LogP contribution < -0.4 is 11.2 Å². The Hall–Kier alpha value is -2.12. The standard InChI is InChI=1S/C14H16N4O2S/c1-10-7-12(15)17-14(16-10)21-9-13(19)18-20-8-11-5-3-2-4-6-11/h2-7H,8-9H2,1H3,(H,18,19)(H2,15,16,17). The van der Waals surface area contributed by atoms with Crippen LogP contribution >= 0.6 is 11.8 Å². The van der Waals surface area contributed by atoms with Gasteiger partial charge in [0.05, 0.1) is 12.4 Å². The number of carbonyl (C=O) groups is 1. The first-order valence-electron chi connectivity index (χ1n) is 6.32. The first-order valence-corrected chi connectivity index (χ1v) is 7.30. The zero-order valence-electron chi connectivity index (χ0n) is 11.6. The van der Waals surface area contributed by atoms with Crippen molar-refractivity contribution >= 4 is 23.5 Å². The fourth-order valence-electron chi connectivity index (χ4n) is 1.56. The van der Waals surface area contributed by atoms with Crippen molar-refractivity contribution in [2.75, 3.05) is 11.5 Å². The Balaban J connectivity index is 1.72. The number of nitrogens with one attached hydrogen (secondary N) is 1. The van der Waals surface area contributed by atoms with Gasteiger partial charge in [0.1, 0.15) is 5.82 Å². The van der Waals surface area contributed by atoms with E-state index in [0.717, 1.165) is 11.3 Å². The van der Waals surface area contributed by atoms with Crippen LogP contribution in [0.4, 0.5) is 5.82 Å². The Labute approximate surface area is 127 Å². The molecule has 6 nitrogen and oxygen atoms in total. The van der Waals surface area contributed by atoms with Crippen LogP contribution in [0.1, 0.15) is 11.3 Å². The fourth-order valence-corrected chi connectivity index (χ4v) is 2.26. The molecule has 0 saturated heterocycles. The Morgan fingerprint density at radius 1 is 1.33 bits per heavy atom. The molecule has 0 aliphatic carbocycles. The van der Waals surface area contributed by atoms with Crippen LogP contribution in [0.15, 0.2) is 41.6 Å². The van der Waals surface area contributed by atoms with Crippen LogP contribution in [0.25, 0.3) is 0 Å². The molecule has 0 radical (unpaired) electrons. The molecular formula is C14H16N4O2S. The summed E-state index contributed by atoms with van der Waals surface area (Å²) in [6.07, 6.45) is 0. The minimum absolute atomic E-state index is 0.164. The van der Waals surface area contributed by atoms with Crippen LogP contribution in [0.3, 0.4) is 0 Å². The van der Waals surface area contributed by atoms with Crippen molar-refractivity contribution in [2.45, 2.75) is 18.7 Å². The zero-order valence-corrected chi connectivity index (χ0v) is 12.4. The van der Waals surface area contributed by atoms with Crippen LogP contribution in [0.5, 0.6) is 0 Å². The lowest BCUT2D eigenvalue weighted by Crippen LogP contribution is -2.25. The quantitative estimate of drug-likeness (QED) is 0.480. The van der Waals surface area contributed by atoms with Gasteiger partial charge in [-0.1, -0.05) is 42.1 Å². The third-order valence-electron chi connectivity index (χ3n) is 2.45. The van der Waals surface area contributed by atoms with Crippen LogP contribution in [-0.2, 0) is 16.2 Å². The number of hydroxylamine groups is 1. The van der Waals surface area contributed by atoms with Crippen molar-refractivity contribution in [1.82, 2.24) is 15.4 Å². The highest BCUT2D eigenvalue weighted by Crippen LogP contribution is 2.14. The molecule has 1 heterocycles. The van der Waals surface area contributed by atoms with E-state index in [1.54, 1.807) is 6.07 Å². The lowest BCUT2D eigenvalue weighted by atomic mass is 10.2. The van der Waals surface area contributed by atoms with Crippen molar-refractivity contribution in [3.63, 3.8) is 0 Å². The molecule has 1 aromatic heterocycles. The molecule has 21 heavy (non-hydrogen) atoms. The molecule has 0 unspecified atom stereocenters. The summed E-state index contributed by atoms with van der Waals surface area (Å²) in [6, 6.07) is 11.3. The summed E-state index contributed by atoms with van der Waals surface area (Å²) in [5, 5.41) is 0.478. The van der Waals surface area contributed by atoms with Gasteiger partial charge in [-0.15, -0.1) is 0 Å². The van der Waals surface area contributed by atoms with Crippen molar-refractivity contribution in [1.29, 1.82) is 0 Å². The van der Waals surface area contributed by atoms with Gasteiger partial charge in [-0.25, -0.2) is 15.4 Å². The van der Waals surface area contributed by atoms with Crippen molar-refractivity contribution in [3.8, 4) is 0 Å². The van der Waals surface area contributed by atoms with Gasteiger partial charge < -0.3 is 5.73 Å². The molecule has 1 amide bonds. The number of nitrogens with zero attached hydrogens (tertiary/aromatic N) is 2. The number of hydrogen-bond acceptors (Lipinski definition) is 6. The van der Waals surface area contributed by atoms with Gasteiger partial charge in [-0.05, 0) is 12.5 Å². The van der Waals surface area contributed by atoms with E-state index in [1.165, 1.54) is 11.8 Å². The summed E-state index contributed by atoms with van der Waals surface area (Å²) in [7, 11) is 0. The summed E-state index contributed by atoms with van der Waals surface area (Å²) >= 11 is 1.21. The van der Waals surface area contributed by atoms with E-state index >= 15 is 0 Å². The summed E-state index contributed by atoms with van der Waals surface area (Å²) in [5.41, 5.74) is 9.76. The predicted molar refractivity (Wildman–Crippen MR) is 81.3 cm³/mol. The van der Waals surface area contributed by atoms with Crippen molar-refractivity contribution in [3.05, 3.63) is 47.7 Å². The monoisotopic (exact) mass is 304 g/mol. The van der Waals surface area contributed by atoms with Crippen LogP contribution in [0, 0.1) is 6.92 Å². The van der Waals surface area contributed by atoms with E-state index in [4.69, 9.17) is 10.6 Å². The Kier molecular flexibility index (Phi) is 5.53. The molecule has 0 saturated carbocycles. The van der Waals surface area contributed by atoms with Crippen LogP contribution in [0.2, 0.25) is 0 Å². The smallest absolute Gasteiger partial charge is 0.254 e. The van der Waals surface area contributed by atoms with Crippen molar-refractivity contribution < 1.29 is 9.63 Å². The molecule has 2 aromatic rings. The number of aryl methyl sites for hydroxylation is 1. The topological polar surface area (TPSA) is 90.1 Å². The maximum absolute atomic E-state index is 11.6. The highest BCUT2D eigenvalue weighted by molar-refractivity contribution is 7.99. The van der Waals surface area contributed by atoms with E-state index in [2.05, 4.69) is 15.4 Å². The maximum atomic E-state index is 11.6. The summed E-state index contributed by atoms with van der Waals surface area (Å²) < 4.78 is 0. The first-order chi connectivity index (χ1) is 10.1. The SMILES string of the molecule is Cc1cc(N)nc(SCC(=O)NOCc2ccccc2)n1. The predicted octanol–water partition coefficient (Wildman–Crippen LogP) is 1.71. The number of aromatic nitrogens is 2. The number of hydrogen-bond donors (Lipinski definition) is 2. The second-order valence-electron chi connectivity index (χ2n) is 4.30. The van der Waals surface area contributed by atoms with Crippen molar-refractivity contribution in [2.24, 2.45) is 0 Å². The van der Waals surface area contributed by atoms with Gasteiger partial charge in [-0.2, -0.15) is 0 Å². The van der Waals surface area contributed by atoms with E-state index in [-0.39, 0.29) is 11.7 Å². The van der Waals surface area contributed by atoms with Gasteiger partial charge in [0.25, 0.3) is 5.91 Å². The van der Waals surface area contributed by atoms with E-state index < -0.39 is 0 Å². The molecule has 0 atom stereocenters. The molecule has 0 bridgehead atoms. The van der Waals surface area contributed by atoms with Crippen LogP contribution in [-0.4, -0.2) is 21.6 Å². The average molecular weight is 304 g/mol. The van der Waals surface area contributed by atoms with E-state index in [1.807, 2.05) is 37.3 Å². The Morgan fingerprint density at radius 2 is 2.10 bits per heavy atom. The molecule has 110 valence electrons. The summed E-state index contributed by atoms with van der Waals surface area (Å²) in [6.45, 7) is 2.15. The maximum Gasteiger partial charge on any atom is 0.254 e. The zero-order chi connectivity index (χ0) is 15.1. The number of nitrogen functional groups attached to an aromatic ring is 1. The third-order valence-corrected chi connectivity index (χ3v) is 3.30. The second kappa shape index (κ2) is 7.61. The van der Waals surface area contributed by atoms with E-state index in [9.17, 15) is 4.79 Å². The third kappa shape index (κ3) is 5.41. The molecule has 0 aliphatic rings.